The molecule has 0 spiro atoms. The molecule has 5 rings (SSSR count). The van der Waals surface area contributed by atoms with E-state index in [4.69, 9.17) is 11.5 Å². The van der Waals surface area contributed by atoms with Gasteiger partial charge in [0.05, 0.1) is 0 Å². The number of hydrogen-bond donors (Lipinski definition) is 2. The van der Waals surface area contributed by atoms with E-state index in [-0.39, 0.29) is 0 Å². The first-order chi connectivity index (χ1) is 24.3. The van der Waals surface area contributed by atoms with Crippen LogP contribution in [0, 0.1) is 0 Å². The van der Waals surface area contributed by atoms with E-state index >= 15 is 0 Å². The van der Waals surface area contributed by atoms with Crippen LogP contribution in [0.15, 0.2) is 127 Å². The van der Waals surface area contributed by atoms with Crippen LogP contribution in [-0.4, -0.2) is 62.3 Å². The van der Waals surface area contributed by atoms with Crippen molar-refractivity contribution in [3.63, 3.8) is 0 Å². The highest BCUT2D eigenvalue weighted by Gasteiger charge is 2.20. The van der Waals surface area contributed by atoms with Gasteiger partial charge in [-0.2, -0.15) is 0 Å². The summed E-state index contributed by atoms with van der Waals surface area (Å²) in [5.41, 5.74) is 24.9. The smallest absolute Gasteiger partial charge is 0.249 e. The third kappa shape index (κ3) is 8.62. The Morgan fingerprint density at radius 1 is 0.490 bits per heavy atom. The molecule has 1 amide bonds. The number of hydrogen-bond acceptors (Lipinski definition) is 6. The largest absolute Gasteiger partial charge is 0.399 e. The van der Waals surface area contributed by atoms with Gasteiger partial charge in [-0.1, -0.05) is 60.7 Å². The minimum atomic E-state index is -0.503. The maximum atomic E-state index is 13.0. The van der Waals surface area contributed by atoms with Gasteiger partial charge in [-0.05, 0) is 106 Å². The predicted octanol–water partition coefficient (Wildman–Crippen LogP) is 7.98. The molecular weight excluding hydrogens is 629 g/mol. The lowest BCUT2D eigenvalue weighted by Crippen LogP contribution is -2.15. The number of nitrogens with zero attached hydrogens (tertiary/aromatic N) is 4. The molecule has 0 aliphatic rings. The second-order valence-electron chi connectivity index (χ2n) is 13.7. The van der Waals surface area contributed by atoms with E-state index in [9.17, 15) is 4.79 Å². The number of benzene rings is 5. The lowest BCUT2D eigenvalue weighted by Gasteiger charge is -2.21. The first kappa shape index (κ1) is 36.3. The predicted molar refractivity (Wildman–Crippen MR) is 219 cm³/mol. The van der Waals surface area contributed by atoms with Gasteiger partial charge in [0.15, 0.2) is 0 Å². The Kier molecular flexibility index (Phi) is 11.2. The average Bonchev–Trinajstić information content (AvgIpc) is 3.12. The van der Waals surface area contributed by atoms with E-state index in [0.717, 1.165) is 61.7 Å². The van der Waals surface area contributed by atoms with Crippen molar-refractivity contribution in [2.45, 2.75) is 5.92 Å². The average molecular weight is 679 g/mol. The van der Waals surface area contributed by atoms with E-state index in [2.05, 4.69) is 129 Å². The zero-order valence-corrected chi connectivity index (χ0v) is 31.1. The molecule has 0 aliphatic heterocycles. The van der Waals surface area contributed by atoms with Crippen molar-refractivity contribution in [1.82, 2.24) is 0 Å². The number of carbonyl (C=O) groups excluding carboxylic acids is 1. The Bertz CT molecular complexity index is 1780. The molecule has 4 N–H and O–H groups in total. The first-order valence-electron chi connectivity index (χ1n) is 17.1. The molecule has 7 nitrogen and oxygen atoms in total. The summed E-state index contributed by atoms with van der Waals surface area (Å²) in [7, 11) is 16.3. The second kappa shape index (κ2) is 15.7. The number of nitrogen functional groups attached to an aromatic ring is 1. The van der Waals surface area contributed by atoms with Crippen LogP contribution in [0.25, 0.3) is 11.1 Å². The van der Waals surface area contributed by atoms with Gasteiger partial charge in [-0.15, -0.1) is 0 Å². The van der Waals surface area contributed by atoms with Crippen molar-refractivity contribution >= 4 is 45.5 Å². The topological polar surface area (TPSA) is 82.1 Å². The molecule has 5 aromatic rings. The highest BCUT2D eigenvalue weighted by molar-refractivity contribution is 5.96. The van der Waals surface area contributed by atoms with Gasteiger partial charge in [0, 0.05) is 96.3 Å². The molecule has 7 heteroatoms. The summed E-state index contributed by atoms with van der Waals surface area (Å²) in [5, 5.41) is 0. The van der Waals surface area contributed by atoms with E-state index in [1.807, 2.05) is 62.4 Å². The molecule has 51 heavy (non-hydrogen) atoms. The van der Waals surface area contributed by atoms with Gasteiger partial charge in [0.1, 0.15) is 0 Å². The molecule has 0 aliphatic carbocycles. The van der Waals surface area contributed by atoms with Crippen molar-refractivity contribution in [2.24, 2.45) is 5.73 Å². The van der Waals surface area contributed by atoms with Gasteiger partial charge in [-0.25, -0.2) is 0 Å². The van der Waals surface area contributed by atoms with Gasteiger partial charge in [-0.3, -0.25) is 4.79 Å². The van der Waals surface area contributed by atoms with Crippen LogP contribution in [0.3, 0.4) is 0 Å². The van der Waals surface area contributed by atoms with Crippen molar-refractivity contribution in [3.05, 3.63) is 161 Å². The highest BCUT2D eigenvalue weighted by atomic mass is 16.1. The Morgan fingerprint density at radius 2 is 0.784 bits per heavy atom. The monoisotopic (exact) mass is 678 g/mol. The number of anilines is 5. The normalized spacial score (nSPS) is 10.8. The summed E-state index contributed by atoms with van der Waals surface area (Å²) in [6.07, 6.45) is 4.47. The SMILES string of the molecule is CN(C)c1ccc(C(=CC(C=C(c2ccc(N(C)C)cc2)c2ccc(N(C)C)cc2)c2cc(N)ccc2C(N)=O)c2ccc(N(C)C)cc2)cc1. The van der Waals surface area contributed by atoms with Crippen LogP contribution in [0.2, 0.25) is 0 Å². The fourth-order valence-corrected chi connectivity index (χ4v) is 6.14. The summed E-state index contributed by atoms with van der Waals surface area (Å²) in [5.74, 6) is -0.902. The van der Waals surface area contributed by atoms with Crippen molar-refractivity contribution in [3.8, 4) is 0 Å². The van der Waals surface area contributed by atoms with Crippen LogP contribution in [-0.2, 0) is 0 Å². The second-order valence-corrected chi connectivity index (χ2v) is 13.7. The van der Waals surface area contributed by atoms with Crippen molar-refractivity contribution < 1.29 is 4.79 Å². The Hall–Kier alpha value is -5.95. The van der Waals surface area contributed by atoms with Crippen LogP contribution >= 0.6 is 0 Å². The van der Waals surface area contributed by atoms with Crippen molar-refractivity contribution in [2.75, 3.05) is 81.7 Å². The van der Waals surface area contributed by atoms with Crippen LogP contribution in [0.4, 0.5) is 28.4 Å². The van der Waals surface area contributed by atoms with Crippen LogP contribution in [0.1, 0.15) is 44.1 Å². The van der Waals surface area contributed by atoms with Gasteiger partial charge < -0.3 is 31.1 Å². The third-order valence-corrected chi connectivity index (χ3v) is 9.17. The molecule has 0 radical (unpaired) electrons. The molecule has 0 bridgehead atoms. The lowest BCUT2D eigenvalue weighted by atomic mass is 9.84. The van der Waals surface area contributed by atoms with E-state index in [1.54, 1.807) is 12.1 Å². The molecule has 0 saturated carbocycles. The highest BCUT2D eigenvalue weighted by Crippen LogP contribution is 2.37. The Balaban J connectivity index is 1.83. The zero-order valence-electron chi connectivity index (χ0n) is 31.1. The summed E-state index contributed by atoms with van der Waals surface area (Å²) in [4.78, 5) is 21.4. The summed E-state index contributed by atoms with van der Waals surface area (Å²) in [6, 6.07) is 39.6. The van der Waals surface area contributed by atoms with E-state index in [1.165, 1.54) is 0 Å². The fourth-order valence-electron chi connectivity index (χ4n) is 6.14. The standard InChI is InChI=1S/C44H50N6O/c1-47(2)36-18-9-30(10-19-36)41(31-11-20-37(21-12-31)48(3)4)27-34(43-29-35(45)17-26-40(43)44(46)51)28-42(32-13-22-38(23-14-32)49(5)6)33-15-24-39(25-16-33)50(7)8/h9-29,34H,45H2,1-8H3,(H2,46,51). The summed E-state index contributed by atoms with van der Waals surface area (Å²) >= 11 is 0. The first-order valence-corrected chi connectivity index (χ1v) is 17.1. The quantitative estimate of drug-likeness (QED) is 0.130. The molecule has 0 atom stereocenters. The number of primary amides is 1. The number of amides is 1. The molecule has 0 heterocycles. The Labute approximate surface area is 303 Å². The van der Waals surface area contributed by atoms with Gasteiger partial charge in [0.2, 0.25) is 5.91 Å². The fraction of sp³-hybridized carbons (Fsp3) is 0.205. The lowest BCUT2D eigenvalue weighted by molar-refractivity contribution is 0.0999. The van der Waals surface area contributed by atoms with Gasteiger partial charge in [0.25, 0.3) is 0 Å². The molecule has 0 aromatic heterocycles. The number of rotatable bonds is 12. The summed E-state index contributed by atoms with van der Waals surface area (Å²) < 4.78 is 0. The number of allylic oxidation sites excluding steroid dienone is 2. The Morgan fingerprint density at radius 3 is 1.04 bits per heavy atom. The maximum Gasteiger partial charge on any atom is 0.249 e. The molecule has 0 fully saturated rings. The van der Waals surface area contributed by atoms with Crippen LogP contribution < -0.4 is 31.1 Å². The van der Waals surface area contributed by atoms with Crippen molar-refractivity contribution in [1.29, 1.82) is 0 Å². The minimum Gasteiger partial charge on any atom is -0.399 e. The molecule has 262 valence electrons. The molecule has 5 aromatic carbocycles. The maximum absolute atomic E-state index is 13.0. The summed E-state index contributed by atoms with van der Waals surface area (Å²) in [6.45, 7) is 0. The molecular formula is C44H50N6O. The van der Waals surface area contributed by atoms with E-state index in [0.29, 0.717) is 11.3 Å². The minimum absolute atomic E-state index is 0.398. The van der Waals surface area contributed by atoms with Gasteiger partial charge >= 0.3 is 0 Å². The third-order valence-electron chi connectivity index (χ3n) is 9.17. The molecule has 0 unspecified atom stereocenters. The van der Waals surface area contributed by atoms with E-state index < -0.39 is 11.8 Å². The van der Waals surface area contributed by atoms with Crippen LogP contribution in [0.5, 0.6) is 0 Å². The number of carbonyl (C=O) groups is 1. The number of nitrogens with two attached hydrogens (primary N) is 2. The molecule has 0 saturated heterocycles. The zero-order chi connectivity index (χ0) is 36.8.